The largest absolute Gasteiger partial charge is 0.495 e. The minimum absolute atomic E-state index is 0.359. The van der Waals surface area contributed by atoms with Crippen LogP contribution in [0.1, 0.15) is 0 Å². The van der Waals surface area contributed by atoms with Crippen molar-refractivity contribution < 1.29 is 9.53 Å². The van der Waals surface area contributed by atoms with Crippen molar-refractivity contribution in [2.45, 2.75) is 0 Å². The van der Waals surface area contributed by atoms with Crippen LogP contribution in [-0.2, 0) is 0 Å². The molecule has 3 N–H and O–H groups in total. The summed E-state index contributed by atoms with van der Waals surface area (Å²) in [7, 11) is 1.62. The number of carbonyl (C=O) groups excluding carboxylic acids is 1. The molecule has 0 saturated heterocycles. The van der Waals surface area contributed by atoms with Crippen molar-refractivity contribution in [1.82, 2.24) is 4.98 Å². The number of halogens is 2. The number of nitrogens with one attached hydrogen (secondary N) is 3. The number of para-hydroxylation sites is 2. The summed E-state index contributed by atoms with van der Waals surface area (Å²) in [6.07, 6.45) is 0. The first-order valence-corrected chi connectivity index (χ1v) is 13.9. The van der Waals surface area contributed by atoms with E-state index >= 15 is 0 Å². The zero-order valence-corrected chi connectivity index (χ0v) is 23.5. The van der Waals surface area contributed by atoms with Crippen LogP contribution >= 0.6 is 23.2 Å². The first kappa shape index (κ1) is 27.4. The van der Waals surface area contributed by atoms with Crippen molar-refractivity contribution >= 4 is 79.5 Å². The number of fused-ring (bicyclic) bond motifs is 2. The summed E-state index contributed by atoms with van der Waals surface area (Å²) >= 11 is 11.8. The van der Waals surface area contributed by atoms with Gasteiger partial charge < -0.3 is 25.6 Å². The van der Waals surface area contributed by atoms with Gasteiger partial charge in [-0.05, 0) is 54.6 Å². The summed E-state index contributed by atoms with van der Waals surface area (Å²) in [5, 5.41) is 11.3. The molecule has 0 fully saturated rings. The van der Waals surface area contributed by atoms with Gasteiger partial charge in [0.05, 0.1) is 29.5 Å². The van der Waals surface area contributed by atoms with Gasteiger partial charge in [-0.2, -0.15) is 0 Å². The second-order valence-corrected chi connectivity index (χ2v) is 9.81. The highest BCUT2D eigenvalue weighted by molar-refractivity contribution is 6.18. The minimum atomic E-state index is -0.359. The third-order valence-electron chi connectivity index (χ3n) is 6.50. The summed E-state index contributed by atoms with van der Waals surface area (Å²) in [6, 6.07) is 28.7. The Morgan fingerprint density at radius 1 is 0.800 bits per heavy atom. The molecule has 5 aromatic rings. The average molecular weight is 575 g/mol. The van der Waals surface area contributed by atoms with Crippen LogP contribution in [0.4, 0.5) is 33.2 Å². The van der Waals surface area contributed by atoms with Crippen LogP contribution in [0, 0.1) is 0 Å². The number of anilines is 5. The molecule has 40 heavy (non-hydrogen) atoms. The van der Waals surface area contributed by atoms with E-state index in [4.69, 9.17) is 32.9 Å². The first-order chi connectivity index (χ1) is 19.6. The highest BCUT2D eigenvalue weighted by Gasteiger charge is 2.13. The van der Waals surface area contributed by atoms with Gasteiger partial charge in [-0.3, -0.25) is 0 Å². The Bertz CT molecular complexity index is 1570. The Morgan fingerprint density at radius 3 is 1.98 bits per heavy atom. The number of urea groups is 1. The lowest BCUT2D eigenvalue weighted by atomic mass is 10.1. The Morgan fingerprint density at radius 2 is 1.38 bits per heavy atom. The SMILES string of the molecule is COc1ccc(NC(=O)Nc2ccc(N(CCCl)CCCl)cc2)cc1Nc1c2ccccc2nc2ccccc12. The van der Waals surface area contributed by atoms with Gasteiger partial charge >= 0.3 is 6.03 Å². The van der Waals surface area contributed by atoms with Gasteiger partial charge in [-0.15, -0.1) is 23.2 Å². The zero-order chi connectivity index (χ0) is 27.9. The van der Waals surface area contributed by atoms with Crippen molar-refractivity contribution in [1.29, 1.82) is 0 Å². The standard InChI is InChI=1S/C31H29Cl2N5O2/c1-40-29-15-12-22(35-31(39)34-21-10-13-23(14-11-21)38(18-16-32)19-17-33)20-28(29)37-30-24-6-2-4-8-26(24)36-27-9-5-3-7-25(27)30/h2-15,20H,16-19H2,1H3,(H,36,37)(H2,34,35,39). The van der Waals surface area contributed by atoms with Gasteiger partial charge in [0.2, 0.25) is 0 Å². The molecule has 0 aliphatic rings. The molecule has 0 saturated carbocycles. The van der Waals surface area contributed by atoms with Crippen LogP contribution in [0.2, 0.25) is 0 Å². The highest BCUT2D eigenvalue weighted by Crippen LogP contribution is 2.37. The van der Waals surface area contributed by atoms with Crippen molar-refractivity contribution in [2.24, 2.45) is 0 Å². The molecular formula is C31H29Cl2N5O2. The molecule has 0 spiro atoms. The van der Waals surface area contributed by atoms with Gasteiger partial charge in [-0.1, -0.05) is 36.4 Å². The summed E-state index contributed by atoms with van der Waals surface area (Å²) in [6.45, 7) is 1.39. The number of alkyl halides is 2. The Labute approximate surface area is 243 Å². The molecule has 0 aliphatic heterocycles. The van der Waals surface area contributed by atoms with Crippen LogP contribution in [-0.4, -0.2) is 43.0 Å². The lowest BCUT2D eigenvalue weighted by Gasteiger charge is -2.23. The van der Waals surface area contributed by atoms with Gasteiger partial charge in [-0.25, -0.2) is 9.78 Å². The van der Waals surface area contributed by atoms with Crippen LogP contribution in [0.5, 0.6) is 5.75 Å². The summed E-state index contributed by atoms with van der Waals surface area (Å²) in [4.78, 5) is 19.8. The third kappa shape index (κ3) is 6.17. The van der Waals surface area contributed by atoms with Crippen molar-refractivity contribution in [3.05, 3.63) is 91.0 Å². The smallest absolute Gasteiger partial charge is 0.323 e. The quantitative estimate of drug-likeness (QED) is 0.116. The summed E-state index contributed by atoms with van der Waals surface area (Å²) in [5.74, 6) is 1.65. The van der Waals surface area contributed by atoms with Gasteiger partial charge in [0.25, 0.3) is 0 Å². The molecule has 204 valence electrons. The Hall–Kier alpha value is -4.20. The molecule has 9 heteroatoms. The van der Waals surface area contributed by atoms with E-state index in [9.17, 15) is 4.79 Å². The third-order valence-corrected chi connectivity index (χ3v) is 6.84. The minimum Gasteiger partial charge on any atom is -0.495 e. The second kappa shape index (κ2) is 12.8. The van der Waals surface area contributed by atoms with Gasteiger partial charge in [0, 0.05) is 52.7 Å². The highest BCUT2D eigenvalue weighted by atomic mass is 35.5. The van der Waals surface area contributed by atoms with Crippen molar-refractivity contribution in [2.75, 3.05) is 52.8 Å². The fraction of sp³-hybridized carbons (Fsp3) is 0.161. The van der Waals surface area contributed by atoms with E-state index in [1.165, 1.54) is 0 Å². The number of methoxy groups -OCH3 is 1. The fourth-order valence-corrected chi connectivity index (χ4v) is 5.02. The summed E-state index contributed by atoms with van der Waals surface area (Å²) < 4.78 is 5.64. The lowest BCUT2D eigenvalue weighted by molar-refractivity contribution is 0.262. The van der Waals surface area contributed by atoms with Crippen LogP contribution < -0.4 is 25.6 Å². The molecule has 4 aromatic carbocycles. The van der Waals surface area contributed by atoms with Gasteiger partial charge in [0.1, 0.15) is 5.75 Å². The molecule has 0 atom stereocenters. The number of hydrogen-bond acceptors (Lipinski definition) is 5. The maximum Gasteiger partial charge on any atom is 0.323 e. The molecule has 0 radical (unpaired) electrons. The number of rotatable bonds is 10. The molecule has 0 bridgehead atoms. The molecule has 0 unspecified atom stereocenters. The lowest BCUT2D eigenvalue weighted by Crippen LogP contribution is -2.27. The molecule has 2 amide bonds. The average Bonchev–Trinajstić information content (AvgIpc) is 2.97. The number of carbonyl (C=O) groups is 1. The zero-order valence-electron chi connectivity index (χ0n) is 22.0. The number of nitrogens with zero attached hydrogens (tertiary/aromatic N) is 2. The maximum absolute atomic E-state index is 12.9. The number of pyridine rings is 1. The Kier molecular flexibility index (Phi) is 8.74. The molecule has 0 aliphatic carbocycles. The predicted octanol–water partition coefficient (Wildman–Crippen LogP) is 8.07. The Balaban J connectivity index is 1.36. The molecular weight excluding hydrogens is 545 g/mol. The first-order valence-electron chi connectivity index (χ1n) is 12.9. The van der Waals surface area contributed by atoms with E-state index < -0.39 is 0 Å². The topological polar surface area (TPSA) is 78.5 Å². The number of hydrogen-bond donors (Lipinski definition) is 3. The monoisotopic (exact) mass is 573 g/mol. The normalized spacial score (nSPS) is 10.9. The number of ether oxygens (including phenoxy) is 1. The van der Waals surface area contributed by atoms with E-state index in [1.54, 1.807) is 13.2 Å². The summed E-state index contributed by atoms with van der Waals surface area (Å²) in [5.41, 5.74) is 5.67. The van der Waals surface area contributed by atoms with Crippen molar-refractivity contribution in [3.8, 4) is 5.75 Å². The van der Waals surface area contributed by atoms with E-state index in [1.807, 2.05) is 84.9 Å². The predicted molar refractivity (Wildman–Crippen MR) is 168 cm³/mol. The van der Waals surface area contributed by atoms with E-state index in [0.29, 0.717) is 47.7 Å². The second-order valence-electron chi connectivity index (χ2n) is 9.05. The van der Waals surface area contributed by atoms with Crippen molar-refractivity contribution in [3.63, 3.8) is 0 Å². The number of aromatic nitrogens is 1. The molecule has 5 rings (SSSR count). The fourth-order valence-electron chi connectivity index (χ4n) is 4.62. The molecule has 1 heterocycles. The van der Waals surface area contributed by atoms with E-state index in [0.717, 1.165) is 33.2 Å². The molecule has 1 aromatic heterocycles. The van der Waals surface area contributed by atoms with Crippen LogP contribution in [0.15, 0.2) is 91.0 Å². The maximum atomic E-state index is 12.9. The van der Waals surface area contributed by atoms with E-state index in [-0.39, 0.29) is 6.03 Å². The molecule has 7 nitrogen and oxygen atoms in total. The number of amides is 2. The van der Waals surface area contributed by atoms with Crippen LogP contribution in [0.25, 0.3) is 21.8 Å². The number of benzene rings is 4. The van der Waals surface area contributed by atoms with Gasteiger partial charge in [0.15, 0.2) is 0 Å². The van der Waals surface area contributed by atoms with Crippen LogP contribution in [0.3, 0.4) is 0 Å². The van der Waals surface area contributed by atoms with E-state index in [2.05, 4.69) is 20.9 Å².